The van der Waals surface area contributed by atoms with Gasteiger partial charge in [0.1, 0.15) is 0 Å². The minimum atomic E-state index is -2.90. The molecule has 0 spiro atoms. The molecule has 284 valence electrons. The molecule has 6 heteroatoms. The molecule has 8 aromatic carbocycles. The van der Waals surface area contributed by atoms with E-state index in [1.807, 2.05) is 12.4 Å². The van der Waals surface area contributed by atoms with E-state index in [1.54, 1.807) is 0 Å². The van der Waals surface area contributed by atoms with Crippen molar-refractivity contribution < 1.29 is 0 Å². The Balaban J connectivity index is 1.37. The molecule has 1 atom stereocenters. The van der Waals surface area contributed by atoms with Crippen LogP contribution in [0.3, 0.4) is 0 Å². The van der Waals surface area contributed by atoms with Crippen molar-refractivity contribution in [2.24, 2.45) is 0 Å². The number of rotatable bonds is 2. The van der Waals surface area contributed by atoms with Gasteiger partial charge in [0.25, 0.3) is 0 Å². The van der Waals surface area contributed by atoms with Crippen molar-refractivity contribution >= 4 is 113 Å². The number of benzene rings is 8. The summed E-state index contributed by atoms with van der Waals surface area (Å²) in [5, 5.41) is 15.2. The summed E-state index contributed by atoms with van der Waals surface area (Å²) < 4.78 is 0. The summed E-state index contributed by atoms with van der Waals surface area (Å²) in [4.78, 5) is 14.9. The van der Waals surface area contributed by atoms with E-state index in [4.69, 9.17) is 9.97 Å². The fourth-order valence-electron chi connectivity index (χ4n) is 9.37. The van der Waals surface area contributed by atoms with Crippen LogP contribution in [-0.4, -0.2) is 30.7 Å². The van der Waals surface area contributed by atoms with Crippen LogP contribution in [0.5, 0.6) is 0 Å². The number of pyridine rings is 2. The Kier molecular flexibility index (Phi) is 8.55. The van der Waals surface area contributed by atoms with Gasteiger partial charge in [0, 0.05) is 0 Å². The molecule has 0 aliphatic carbocycles. The summed E-state index contributed by atoms with van der Waals surface area (Å²) in [6.45, 7) is 2.56. The zero-order valence-electron chi connectivity index (χ0n) is 33.2. The van der Waals surface area contributed by atoms with E-state index in [-0.39, 0.29) is 0 Å². The molecule has 10 aromatic rings. The SMILES string of the molecule is CN1c2cc3ccccc3cc2P(c2ccccc2)c2cc3cccnc3cc2N(C)c2cc3ncccc3cc2[PH](C)(c2ccccc2)c2cc3ccccc3cc21. The summed E-state index contributed by atoms with van der Waals surface area (Å²) in [6.07, 6.45) is 3.82. The first kappa shape index (κ1) is 35.7. The zero-order valence-corrected chi connectivity index (χ0v) is 35.1. The topological polar surface area (TPSA) is 32.3 Å². The Bertz CT molecular complexity index is 3070. The molecule has 4 nitrogen and oxygen atoms in total. The van der Waals surface area contributed by atoms with Gasteiger partial charge in [-0.15, -0.1) is 0 Å². The summed E-state index contributed by atoms with van der Waals surface area (Å²) in [7, 11) is 0.541. The van der Waals surface area contributed by atoms with E-state index in [0.29, 0.717) is 0 Å². The molecule has 0 N–H and O–H groups in total. The molecule has 1 aliphatic heterocycles. The normalized spacial score (nSPS) is 15.5. The fourth-order valence-corrected chi connectivity index (χ4v) is 16.2. The summed E-state index contributed by atoms with van der Waals surface area (Å²) in [5.41, 5.74) is 6.70. The quantitative estimate of drug-likeness (QED) is 0.163. The molecule has 0 saturated heterocycles. The summed E-state index contributed by atoms with van der Waals surface area (Å²) in [5.74, 6) is 0. The van der Waals surface area contributed by atoms with E-state index in [0.717, 1.165) is 33.2 Å². The maximum atomic E-state index is 4.97. The van der Waals surface area contributed by atoms with Gasteiger partial charge in [-0.2, -0.15) is 0 Å². The Labute approximate surface area is 346 Å². The Morgan fingerprint density at radius 3 is 1.42 bits per heavy atom. The molecule has 1 aliphatic rings. The molecule has 2 aromatic heterocycles. The van der Waals surface area contributed by atoms with Crippen LogP contribution in [-0.2, 0) is 0 Å². The third-order valence-corrected chi connectivity index (χ3v) is 19.4. The van der Waals surface area contributed by atoms with Gasteiger partial charge in [-0.3, -0.25) is 0 Å². The van der Waals surface area contributed by atoms with Gasteiger partial charge in [0.15, 0.2) is 0 Å². The van der Waals surface area contributed by atoms with Gasteiger partial charge in [0.05, 0.1) is 0 Å². The number of fused-ring (bicyclic) bond motifs is 8. The number of hydrogen-bond acceptors (Lipinski definition) is 4. The Morgan fingerprint density at radius 1 is 0.407 bits per heavy atom. The zero-order chi connectivity index (χ0) is 39.7. The molecule has 3 heterocycles. The standard InChI is InChI=1S/C53H42N4P2/c1-56-46-28-36-16-10-12-18-38(36)30-50(46)58(42-22-6-4-7-23-42)51-31-40-20-14-26-54-44(40)34-47(51)57(2)49-35-45-41(21-15-27-55-45)33-53(49)59(3,43-24-8-5-9-25-43)52-32-39-19-13-11-17-37(39)29-48(52)56/h4-35,59H,1-3H3. The molecule has 0 radical (unpaired) electrons. The number of nitrogens with zero attached hydrogens (tertiary/aromatic N) is 4. The van der Waals surface area contributed by atoms with E-state index >= 15 is 0 Å². The third-order valence-electron chi connectivity index (χ3n) is 12.5. The third kappa shape index (κ3) is 5.82. The van der Waals surface area contributed by atoms with Crippen molar-refractivity contribution in [1.82, 2.24) is 9.97 Å². The van der Waals surface area contributed by atoms with E-state index in [2.05, 4.69) is 213 Å². The molecule has 1 unspecified atom stereocenters. The first-order valence-corrected chi connectivity index (χ1v) is 24.0. The van der Waals surface area contributed by atoms with E-state index < -0.39 is 15.2 Å². The van der Waals surface area contributed by atoms with Crippen LogP contribution in [0, 0.1) is 0 Å². The van der Waals surface area contributed by atoms with Gasteiger partial charge in [-0.1, -0.05) is 0 Å². The monoisotopic (exact) mass is 796 g/mol. The summed E-state index contributed by atoms with van der Waals surface area (Å²) >= 11 is 0. The number of anilines is 4. The van der Waals surface area contributed by atoms with Crippen molar-refractivity contribution in [2.75, 3.05) is 30.6 Å². The average molecular weight is 797 g/mol. The molecular formula is C53H42N4P2. The Hall–Kier alpha value is -6.44. The predicted molar refractivity (Wildman–Crippen MR) is 259 cm³/mol. The van der Waals surface area contributed by atoms with Gasteiger partial charge in [-0.05, 0) is 0 Å². The van der Waals surface area contributed by atoms with Crippen molar-refractivity contribution in [3.05, 3.63) is 194 Å². The van der Waals surface area contributed by atoms with Gasteiger partial charge < -0.3 is 0 Å². The van der Waals surface area contributed by atoms with Crippen LogP contribution >= 0.6 is 15.2 Å². The number of aromatic nitrogens is 2. The van der Waals surface area contributed by atoms with Crippen LogP contribution in [0.15, 0.2) is 194 Å². The molecule has 11 rings (SSSR count). The van der Waals surface area contributed by atoms with E-state index in [1.165, 1.54) is 64.7 Å². The van der Waals surface area contributed by atoms with Crippen LogP contribution in [0.25, 0.3) is 43.4 Å². The van der Waals surface area contributed by atoms with E-state index in [9.17, 15) is 0 Å². The fraction of sp³-hybridized carbons (Fsp3) is 0.0566. The molecular weight excluding hydrogens is 755 g/mol. The Morgan fingerprint density at radius 2 is 0.814 bits per heavy atom. The van der Waals surface area contributed by atoms with Crippen LogP contribution < -0.4 is 41.6 Å². The van der Waals surface area contributed by atoms with Crippen LogP contribution in [0.1, 0.15) is 0 Å². The van der Waals surface area contributed by atoms with Gasteiger partial charge in [-0.25, -0.2) is 0 Å². The second-order valence-electron chi connectivity index (χ2n) is 15.8. The summed E-state index contributed by atoms with van der Waals surface area (Å²) in [6, 6.07) is 68.1. The molecule has 0 saturated carbocycles. The van der Waals surface area contributed by atoms with Crippen LogP contribution in [0.4, 0.5) is 22.7 Å². The van der Waals surface area contributed by atoms with Crippen molar-refractivity contribution in [3.63, 3.8) is 0 Å². The maximum absolute atomic E-state index is 4.97. The molecule has 0 fully saturated rings. The second-order valence-corrected chi connectivity index (χ2v) is 21.8. The van der Waals surface area contributed by atoms with Crippen molar-refractivity contribution in [1.29, 1.82) is 0 Å². The molecule has 59 heavy (non-hydrogen) atoms. The van der Waals surface area contributed by atoms with Crippen molar-refractivity contribution in [2.45, 2.75) is 0 Å². The first-order valence-electron chi connectivity index (χ1n) is 20.2. The van der Waals surface area contributed by atoms with Crippen molar-refractivity contribution in [3.8, 4) is 0 Å². The number of hydrogen-bond donors (Lipinski definition) is 0. The average Bonchev–Trinajstić information content (AvgIpc) is 3.30. The molecule has 0 amide bonds. The minimum absolute atomic E-state index is 0.976. The first-order chi connectivity index (χ1) is 29.0. The second kappa shape index (κ2) is 14.1. The van der Waals surface area contributed by atoms with Gasteiger partial charge in [0.2, 0.25) is 0 Å². The van der Waals surface area contributed by atoms with Gasteiger partial charge >= 0.3 is 348 Å². The predicted octanol–water partition coefficient (Wildman–Crippen LogP) is 10.4. The molecule has 0 bridgehead atoms. The van der Waals surface area contributed by atoms with Crippen LogP contribution in [0.2, 0.25) is 0 Å².